The van der Waals surface area contributed by atoms with Crippen LogP contribution >= 0.6 is 11.8 Å². The Labute approximate surface area is 223 Å². The zero-order valence-corrected chi connectivity index (χ0v) is 23.3. The summed E-state index contributed by atoms with van der Waals surface area (Å²) in [5.41, 5.74) is 0. The second-order valence-electron chi connectivity index (χ2n) is 8.44. The van der Waals surface area contributed by atoms with Gasteiger partial charge in [-0.05, 0) is 20.4 Å². The Morgan fingerprint density at radius 3 is 2.27 bits per heavy atom. The molecular formula is C24H43N3O9S. The number of thioether (sulfide) groups is 1. The van der Waals surface area contributed by atoms with Crippen molar-refractivity contribution in [2.24, 2.45) is 0 Å². The molecule has 0 aromatic carbocycles. The van der Waals surface area contributed by atoms with Gasteiger partial charge in [-0.1, -0.05) is 0 Å². The van der Waals surface area contributed by atoms with Gasteiger partial charge in [0.25, 0.3) is 0 Å². The van der Waals surface area contributed by atoms with Crippen molar-refractivity contribution in [1.82, 2.24) is 15.5 Å². The monoisotopic (exact) mass is 549 g/mol. The first-order chi connectivity index (χ1) is 17.8. The number of likely N-dealkylation sites (N-methyl/N-ethyl adjacent to an activating group) is 1. The van der Waals surface area contributed by atoms with Gasteiger partial charge < -0.3 is 34.3 Å². The Kier molecular flexibility index (Phi) is 18.4. The number of imide groups is 1. The van der Waals surface area contributed by atoms with Crippen LogP contribution in [0, 0.1) is 0 Å². The molecule has 0 spiro atoms. The molecule has 12 nitrogen and oxygen atoms in total. The molecule has 1 saturated heterocycles. The summed E-state index contributed by atoms with van der Waals surface area (Å²) < 4.78 is 26.8. The molecular weight excluding hydrogens is 506 g/mol. The van der Waals surface area contributed by atoms with Crippen molar-refractivity contribution in [2.75, 3.05) is 86.4 Å². The molecule has 214 valence electrons. The van der Waals surface area contributed by atoms with E-state index < -0.39 is 5.25 Å². The third-order valence-corrected chi connectivity index (χ3v) is 6.83. The first-order valence-electron chi connectivity index (χ1n) is 12.5. The van der Waals surface area contributed by atoms with E-state index in [9.17, 15) is 19.2 Å². The molecule has 0 bridgehead atoms. The number of hydrogen-bond acceptors (Lipinski definition) is 11. The van der Waals surface area contributed by atoms with Gasteiger partial charge in [0.05, 0.1) is 50.9 Å². The van der Waals surface area contributed by atoms with Crippen LogP contribution in [-0.4, -0.2) is 132 Å². The summed E-state index contributed by atoms with van der Waals surface area (Å²) in [5.74, 6) is -0.455. The number of nitrogens with zero attached hydrogens (tertiary/aromatic N) is 1. The van der Waals surface area contributed by atoms with Gasteiger partial charge >= 0.3 is 0 Å². The summed E-state index contributed by atoms with van der Waals surface area (Å²) in [6.45, 7) is 4.97. The van der Waals surface area contributed by atoms with Crippen LogP contribution in [0.25, 0.3) is 0 Å². The van der Waals surface area contributed by atoms with Gasteiger partial charge in [0, 0.05) is 52.5 Å². The van der Waals surface area contributed by atoms with Gasteiger partial charge in [-0.25, -0.2) is 0 Å². The van der Waals surface area contributed by atoms with Crippen molar-refractivity contribution in [2.45, 2.75) is 43.6 Å². The van der Waals surface area contributed by atoms with Gasteiger partial charge in [0.1, 0.15) is 11.9 Å². The van der Waals surface area contributed by atoms with Crippen LogP contribution in [0.3, 0.4) is 0 Å². The van der Waals surface area contributed by atoms with Gasteiger partial charge in [-0.3, -0.25) is 24.1 Å². The standard InChI is InChI=1S/C24H43N3O9S/c1-18(28)20(25-2)17-37-21-14-23(30)27(24(21)31)8-6-22(29)26-7-5-9-36-19(15-34-12-10-32-3)16-35-13-11-33-4/h19-21,25H,5-17H2,1-4H3,(H,26,29)/t20-,21?/m0/s1. The normalized spacial score (nSPS) is 16.6. The van der Waals surface area contributed by atoms with Gasteiger partial charge in [0.15, 0.2) is 0 Å². The lowest BCUT2D eigenvalue weighted by molar-refractivity contribution is -0.138. The van der Waals surface area contributed by atoms with Crippen molar-refractivity contribution in [3.63, 3.8) is 0 Å². The number of carbonyl (C=O) groups is 4. The van der Waals surface area contributed by atoms with Crippen molar-refractivity contribution < 1.29 is 42.9 Å². The molecule has 13 heteroatoms. The van der Waals surface area contributed by atoms with Crippen LogP contribution in [0.2, 0.25) is 0 Å². The molecule has 2 atom stereocenters. The molecule has 0 aromatic heterocycles. The second-order valence-corrected chi connectivity index (χ2v) is 9.68. The van der Waals surface area contributed by atoms with Crippen LogP contribution in [0.4, 0.5) is 0 Å². The van der Waals surface area contributed by atoms with Gasteiger partial charge in [-0.2, -0.15) is 0 Å². The largest absolute Gasteiger partial charge is 0.382 e. The molecule has 1 rings (SSSR count). The number of rotatable bonds is 23. The first kappa shape index (κ1) is 33.4. The Morgan fingerprint density at radius 1 is 1.05 bits per heavy atom. The van der Waals surface area contributed by atoms with E-state index in [1.807, 2.05) is 0 Å². The fraction of sp³-hybridized carbons (Fsp3) is 0.833. The third-order valence-electron chi connectivity index (χ3n) is 5.54. The fourth-order valence-corrected chi connectivity index (χ4v) is 4.70. The number of nitrogens with one attached hydrogen (secondary N) is 2. The van der Waals surface area contributed by atoms with Crippen LogP contribution in [-0.2, 0) is 42.9 Å². The molecule has 2 N–H and O–H groups in total. The Balaban J connectivity index is 2.28. The van der Waals surface area contributed by atoms with Crippen LogP contribution in [0.5, 0.6) is 0 Å². The highest BCUT2D eigenvalue weighted by molar-refractivity contribution is 8.00. The number of carbonyl (C=O) groups excluding carboxylic acids is 4. The minimum Gasteiger partial charge on any atom is -0.382 e. The molecule has 37 heavy (non-hydrogen) atoms. The number of Topliss-reactive ketones (excluding diaryl/α,β-unsaturated/α-hetero) is 1. The first-order valence-corrected chi connectivity index (χ1v) is 13.5. The van der Waals surface area contributed by atoms with Gasteiger partial charge in [-0.15, -0.1) is 11.8 Å². The Hall–Kier alpha value is -1.61. The predicted molar refractivity (Wildman–Crippen MR) is 138 cm³/mol. The highest BCUT2D eigenvalue weighted by atomic mass is 32.2. The van der Waals surface area contributed by atoms with Crippen molar-refractivity contribution in [3.05, 3.63) is 0 Å². The molecule has 0 saturated carbocycles. The molecule has 3 amide bonds. The quantitative estimate of drug-likeness (QED) is 0.127. The number of ether oxygens (including phenoxy) is 5. The summed E-state index contributed by atoms with van der Waals surface area (Å²) in [6, 6.07) is -0.363. The lowest BCUT2D eigenvalue weighted by atomic mass is 10.2. The number of amides is 3. The van der Waals surface area contributed by atoms with E-state index in [2.05, 4.69) is 10.6 Å². The summed E-state index contributed by atoms with van der Waals surface area (Å²) in [5, 5.41) is 5.17. The van der Waals surface area contributed by atoms with Crippen LogP contribution < -0.4 is 10.6 Å². The van der Waals surface area contributed by atoms with E-state index in [1.54, 1.807) is 21.3 Å². The predicted octanol–water partition coefficient (Wildman–Crippen LogP) is -0.368. The van der Waals surface area contributed by atoms with Crippen LogP contribution in [0.15, 0.2) is 0 Å². The molecule has 1 fully saturated rings. The zero-order valence-electron chi connectivity index (χ0n) is 22.5. The molecule has 0 aromatic rings. The summed E-state index contributed by atoms with van der Waals surface area (Å²) in [4.78, 5) is 49.7. The lowest BCUT2D eigenvalue weighted by Gasteiger charge is -2.18. The number of likely N-dealkylation sites (tertiary alicyclic amines) is 1. The van der Waals surface area contributed by atoms with E-state index in [0.29, 0.717) is 65.0 Å². The highest BCUT2D eigenvalue weighted by Crippen LogP contribution is 2.26. The van der Waals surface area contributed by atoms with E-state index in [-0.39, 0.29) is 55.0 Å². The Morgan fingerprint density at radius 2 is 1.70 bits per heavy atom. The minimum atomic E-state index is -0.521. The zero-order chi connectivity index (χ0) is 27.5. The maximum atomic E-state index is 12.6. The fourth-order valence-electron chi connectivity index (χ4n) is 3.34. The van der Waals surface area contributed by atoms with E-state index >= 15 is 0 Å². The van der Waals surface area contributed by atoms with Gasteiger partial charge in [0.2, 0.25) is 17.7 Å². The van der Waals surface area contributed by atoms with E-state index in [1.165, 1.54) is 18.7 Å². The maximum absolute atomic E-state index is 12.6. The average Bonchev–Trinajstić information content (AvgIpc) is 3.14. The van der Waals surface area contributed by atoms with Crippen molar-refractivity contribution in [3.8, 4) is 0 Å². The van der Waals surface area contributed by atoms with E-state index in [0.717, 1.165) is 4.90 Å². The van der Waals surface area contributed by atoms with Crippen LogP contribution in [0.1, 0.15) is 26.2 Å². The molecule has 1 heterocycles. The second kappa shape index (κ2) is 20.4. The van der Waals surface area contributed by atoms with E-state index in [4.69, 9.17) is 23.7 Å². The lowest BCUT2D eigenvalue weighted by Crippen LogP contribution is -2.37. The number of ketones is 1. The third kappa shape index (κ3) is 14.2. The summed E-state index contributed by atoms with van der Waals surface area (Å²) in [6.07, 6.45) is 0.455. The van der Waals surface area contributed by atoms with Crippen molar-refractivity contribution in [1.29, 1.82) is 0 Å². The smallest absolute Gasteiger partial charge is 0.242 e. The molecule has 1 unspecified atom stereocenters. The SMILES string of the molecule is CN[C@@H](CSC1CC(=O)N(CCC(=O)NCCCOC(COCCOC)COCCOC)C1=O)C(C)=O. The molecule has 0 radical (unpaired) electrons. The average molecular weight is 550 g/mol. The molecule has 0 aliphatic carbocycles. The Bertz CT molecular complexity index is 686. The summed E-state index contributed by atoms with van der Waals surface area (Å²) >= 11 is 1.29. The number of hydrogen-bond donors (Lipinski definition) is 2. The topological polar surface area (TPSA) is 142 Å². The molecule has 1 aliphatic heterocycles. The number of methoxy groups -OCH3 is 2. The molecule has 1 aliphatic rings. The summed E-state index contributed by atoms with van der Waals surface area (Å²) in [7, 11) is 4.89. The highest BCUT2D eigenvalue weighted by Gasteiger charge is 2.39. The van der Waals surface area contributed by atoms with Crippen molar-refractivity contribution >= 4 is 35.3 Å². The minimum absolute atomic E-state index is 0.0213. The maximum Gasteiger partial charge on any atom is 0.242 e.